The summed E-state index contributed by atoms with van der Waals surface area (Å²) in [6.07, 6.45) is 0.405. The Kier molecular flexibility index (Phi) is 4.73. The van der Waals surface area contributed by atoms with Gasteiger partial charge in [-0.1, -0.05) is 26.8 Å². The van der Waals surface area contributed by atoms with Crippen molar-refractivity contribution in [2.24, 2.45) is 11.3 Å². The number of halogens is 1. The van der Waals surface area contributed by atoms with Gasteiger partial charge < -0.3 is 9.84 Å². The van der Waals surface area contributed by atoms with E-state index < -0.39 is 11.9 Å². The smallest absolute Gasteiger partial charge is 0.307 e. The Labute approximate surface area is 116 Å². The summed E-state index contributed by atoms with van der Waals surface area (Å²) in [7, 11) is 1.53. The first-order valence-electron chi connectivity index (χ1n) is 5.68. The molecule has 0 saturated heterocycles. The van der Waals surface area contributed by atoms with Gasteiger partial charge in [-0.15, -0.1) is 0 Å². The number of carbonyl (C=O) groups is 1. The number of carboxylic acids is 1. The lowest BCUT2D eigenvalue weighted by Crippen LogP contribution is -2.30. The fraction of sp³-hybridized carbons (Fsp3) is 0.538. The van der Waals surface area contributed by atoms with Gasteiger partial charge in [0.2, 0.25) is 5.88 Å². The fourth-order valence-corrected chi connectivity index (χ4v) is 2.06. The third-order valence-electron chi connectivity index (χ3n) is 2.87. The van der Waals surface area contributed by atoms with Crippen LogP contribution >= 0.6 is 15.9 Å². The molecular formula is C13H18BrNO3. The zero-order chi connectivity index (χ0) is 13.9. The Morgan fingerprint density at radius 1 is 1.50 bits per heavy atom. The molecule has 4 nitrogen and oxygen atoms in total. The first-order valence-corrected chi connectivity index (χ1v) is 6.47. The normalized spacial score (nSPS) is 13.2. The Morgan fingerprint density at radius 3 is 2.56 bits per heavy atom. The predicted octanol–water partition coefficient (Wildman–Crippen LogP) is 3.14. The van der Waals surface area contributed by atoms with E-state index in [1.165, 1.54) is 7.11 Å². The molecule has 1 unspecified atom stereocenters. The predicted molar refractivity (Wildman–Crippen MR) is 72.8 cm³/mol. The molecular weight excluding hydrogens is 298 g/mol. The van der Waals surface area contributed by atoms with Crippen molar-refractivity contribution in [3.05, 3.63) is 22.3 Å². The van der Waals surface area contributed by atoms with E-state index in [-0.39, 0.29) is 5.41 Å². The van der Waals surface area contributed by atoms with Gasteiger partial charge >= 0.3 is 5.97 Å². The van der Waals surface area contributed by atoms with E-state index in [9.17, 15) is 9.90 Å². The lowest BCUT2D eigenvalue weighted by atomic mass is 9.77. The highest BCUT2D eigenvalue weighted by atomic mass is 79.9. The van der Waals surface area contributed by atoms with E-state index in [0.29, 0.717) is 16.9 Å². The zero-order valence-electron chi connectivity index (χ0n) is 11.0. The molecule has 0 aromatic carbocycles. The average molecular weight is 316 g/mol. The summed E-state index contributed by atoms with van der Waals surface area (Å²) in [6, 6.07) is 3.64. The molecule has 0 spiro atoms. The van der Waals surface area contributed by atoms with Gasteiger partial charge in [-0.25, -0.2) is 4.98 Å². The molecule has 0 amide bonds. The number of hydrogen-bond donors (Lipinski definition) is 1. The molecule has 0 aliphatic carbocycles. The van der Waals surface area contributed by atoms with Crippen molar-refractivity contribution in [3.63, 3.8) is 0 Å². The van der Waals surface area contributed by atoms with Gasteiger partial charge in [-0.05, 0) is 33.8 Å². The number of nitrogens with zero attached hydrogens (tertiary/aromatic N) is 1. The number of aromatic nitrogens is 1. The van der Waals surface area contributed by atoms with E-state index in [0.717, 1.165) is 5.56 Å². The maximum Gasteiger partial charge on any atom is 0.307 e. The number of ether oxygens (including phenoxy) is 1. The highest BCUT2D eigenvalue weighted by Crippen LogP contribution is 2.32. The monoisotopic (exact) mass is 315 g/mol. The van der Waals surface area contributed by atoms with E-state index in [4.69, 9.17) is 4.74 Å². The van der Waals surface area contributed by atoms with Crippen LogP contribution in [-0.2, 0) is 11.2 Å². The molecule has 100 valence electrons. The molecule has 1 N–H and O–H groups in total. The van der Waals surface area contributed by atoms with Gasteiger partial charge in [0, 0.05) is 5.56 Å². The van der Waals surface area contributed by atoms with Gasteiger partial charge in [0.25, 0.3) is 0 Å². The molecule has 1 atom stereocenters. The third kappa shape index (κ3) is 3.70. The van der Waals surface area contributed by atoms with Gasteiger partial charge in [0.1, 0.15) is 4.60 Å². The lowest BCUT2D eigenvalue weighted by molar-refractivity contribution is -0.145. The van der Waals surface area contributed by atoms with Crippen molar-refractivity contribution in [3.8, 4) is 5.88 Å². The summed E-state index contributed by atoms with van der Waals surface area (Å²) < 4.78 is 5.86. The van der Waals surface area contributed by atoms with Crippen molar-refractivity contribution >= 4 is 21.9 Å². The highest BCUT2D eigenvalue weighted by Gasteiger charge is 2.32. The SMILES string of the molecule is COc1nc(Br)ccc1CC(C(=O)O)C(C)(C)C. The molecule has 0 aliphatic rings. The minimum Gasteiger partial charge on any atom is -0.481 e. The number of pyridine rings is 1. The van der Waals surface area contributed by atoms with Crippen LogP contribution in [0.3, 0.4) is 0 Å². The molecule has 0 saturated carbocycles. The average Bonchev–Trinajstić information content (AvgIpc) is 2.24. The number of hydrogen-bond acceptors (Lipinski definition) is 3. The maximum atomic E-state index is 11.3. The van der Waals surface area contributed by atoms with Gasteiger partial charge in [0.05, 0.1) is 13.0 Å². The first kappa shape index (κ1) is 15.0. The van der Waals surface area contributed by atoms with Crippen molar-refractivity contribution in [2.45, 2.75) is 27.2 Å². The van der Waals surface area contributed by atoms with Crippen LogP contribution in [0.15, 0.2) is 16.7 Å². The molecule has 18 heavy (non-hydrogen) atoms. The molecule has 1 aromatic rings. The summed E-state index contributed by atoms with van der Waals surface area (Å²) in [4.78, 5) is 15.5. The van der Waals surface area contributed by atoms with Crippen molar-refractivity contribution in [1.29, 1.82) is 0 Å². The molecule has 0 radical (unpaired) electrons. The van der Waals surface area contributed by atoms with E-state index in [1.54, 1.807) is 6.07 Å². The van der Waals surface area contributed by atoms with Crippen LogP contribution < -0.4 is 4.74 Å². The molecule has 1 rings (SSSR count). The van der Waals surface area contributed by atoms with E-state index in [2.05, 4.69) is 20.9 Å². The molecule has 0 fully saturated rings. The Hall–Kier alpha value is -1.10. The largest absolute Gasteiger partial charge is 0.481 e. The van der Waals surface area contributed by atoms with Gasteiger partial charge in [-0.2, -0.15) is 0 Å². The zero-order valence-corrected chi connectivity index (χ0v) is 12.6. The second-order valence-corrected chi connectivity index (χ2v) is 6.08. The van der Waals surface area contributed by atoms with Crippen molar-refractivity contribution in [1.82, 2.24) is 4.98 Å². The van der Waals surface area contributed by atoms with E-state index >= 15 is 0 Å². The first-order chi connectivity index (χ1) is 8.25. The standard InChI is InChI=1S/C13H18BrNO3/c1-13(2,3)9(12(16)17)7-8-5-6-10(14)15-11(8)18-4/h5-6,9H,7H2,1-4H3,(H,16,17). The molecule has 1 aromatic heterocycles. The quantitative estimate of drug-likeness (QED) is 0.867. The van der Waals surface area contributed by atoms with Crippen LogP contribution in [-0.4, -0.2) is 23.2 Å². The number of methoxy groups -OCH3 is 1. The maximum absolute atomic E-state index is 11.3. The lowest BCUT2D eigenvalue weighted by Gasteiger charge is -2.27. The molecule has 0 bridgehead atoms. The van der Waals surface area contributed by atoms with Gasteiger partial charge in [-0.3, -0.25) is 4.79 Å². The molecule has 5 heteroatoms. The second-order valence-electron chi connectivity index (χ2n) is 5.26. The molecule has 1 heterocycles. The summed E-state index contributed by atoms with van der Waals surface area (Å²) in [5.74, 6) is -0.804. The Bertz CT molecular complexity index is 440. The highest BCUT2D eigenvalue weighted by molar-refractivity contribution is 9.10. The minimum absolute atomic E-state index is 0.316. The summed E-state index contributed by atoms with van der Waals surface area (Å²) in [5, 5.41) is 9.32. The van der Waals surface area contributed by atoms with E-state index in [1.807, 2.05) is 26.8 Å². The number of aliphatic carboxylic acids is 1. The summed E-state index contributed by atoms with van der Waals surface area (Å²) in [6.45, 7) is 5.76. The van der Waals surface area contributed by atoms with Crippen LogP contribution in [0, 0.1) is 11.3 Å². The fourth-order valence-electron chi connectivity index (χ4n) is 1.76. The van der Waals surface area contributed by atoms with Gasteiger partial charge in [0.15, 0.2) is 0 Å². The van der Waals surface area contributed by atoms with Crippen molar-refractivity contribution < 1.29 is 14.6 Å². The van der Waals surface area contributed by atoms with Crippen LogP contribution in [0.2, 0.25) is 0 Å². The summed E-state index contributed by atoms with van der Waals surface area (Å²) in [5.41, 5.74) is 0.493. The number of rotatable bonds is 4. The minimum atomic E-state index is -0.799. The van der Waals surface area contributed by atoms with Crippen LogP contribution in [0.25, 0.3) is 0 Å². The van der Waals surface area contributed by atoms with Crippen molar-refractivity contribution in [2.75, 3.05) is 7.11 Å². The third-order valence-corrected chi connectivity index (χ3v) is 3.31. The summed E-state index contributed by atoms with van der Waals surface area (Å²) >= 11 is 3.26. The van der Waals surface area contributed by atoms with Crippen LogP contribution in [0.4, 0.5) is 0 Å². The van der Waals surface area contributed by atoms with Crippen LogP contribution in [0.5, 0.6) is 5.88 Å². The Morgan fingerprint density at radius 2 is 2.11 bits per heavy atom. The second kappa shape index (κ2) is 5.69. The Balaban J connectivity index is 3.05. The molecule has 0 aliphatic heterocycles. The number of carboxylic acid groups (broad SMARTS) is 1. The van der Waals surface area contributed by atoms with Crippen LogP contribution in [0.1, 0.15) is 26.3 Å². The topological polar surface area (TPSA) is 59.4 Å².